The van der Waals surface area contributed by atoms with Crippen LogP contribution in [0.3, 0.4) is 0 Å². The van der Waals surface area contributed by atoms with Gasteiger partial charge in [0.25, 0.3) is 0 Å². The molecule has 1 aromatic carbocycles. The zero-order chi connectivity index (χ0) is 15.7. The number of aryl methyl sites for hydroxylation is 1. The van der Waals surface area contributed by atoms with Gasteiger partial charge in [0.2, 0.25) is 11.6 Å². The van der Waals surface area contributed by atoms with Crippen molar-refractivity contribution in [1.29, 1.82) is 0 Å². The van der Waals surface area contributed by atoms with Gasteiger partial charge in [-0.05, 0) is 49.6 Å². The molecule has 1 aliphatic rings. The van der Waals surface area contributed by atoms with E-state index in [1.54, 1.807) is 12.1 Å². The molecule has 0 spiro atoms. The van der Waals surface area contributed by atoms with Crippen molar-refractivity contribution in [1.82, 2.24) is 4.57 Å². The SMILES string of the molecule is CC(CCc1ccc(O)cc1)n1ccc2c1=CC(=O)C(=O)C=2. The Kier molecular flexibility index (Phi) is 3.67. The summed E-state index contributed by atoms with van der Waals surface area (Å²) in [7, 11) is 0. The average Bonchev–Trinajstić information content (AvgIpc) is 2.90. The van der Waals surface area contributed by atoms with Crippen LogP contribution < -0.4 is 10.6 Å². The Balaban J connectivity index is 1.80. The van der Waals surface area contributed by atoms with Crippen molar-refractivity contribution < 1.29 is 14.7 Å². The van der Waals surface area contributed by atoms with Crippen LogP contribution in [0.4, 0.5) is 0 Å². The van der Waals surface area contributed by atoms with Crippen molar-refractivity contribution in [2.24, 2.45) is 0 Å². The number of nitrogens with zero attached hydrogens (tertiary/aromatic N) is 1. The molecule has 1 N–H and O–H groups in total. The summed E-state index contributed by atoms with van der Waals surface area (Å²) in [6.45, 7) is 2.09. The van der Waals surface area contributed by atoms with Crippen LogP contribution in [0.2, 0.25) is 0 Å². The minimum atomic E-state index is -0.460. The number of Topliss-reactive ketones (excluding diaryl/α,β-unsaturated/α-hetero) is 2. The van der Waals surface area contributed by atoms with Crippen molar-refractivity contribution in [2.75, 3.05) is 0 Å². The molecule has 0 fully saturated rings. The van der Waals surface area contributed by atoms with E-state index in [4.69, 9.17) is 0 Å². The molecule has 1 unspecified atom stereocenters. The molecular formula is C18H17NO3. The maximum atomic E-state index is 11.6. The molecule has 0 radical (unpaired) electrons. The number of carbonyl (C=O) groups is 2. The molecule has 0 saturated heterocycles. The largest absolute Gasteiger partial charge is 0.508 e. The van der Waals surface area contributed by atoms with Gasteiger partial charge in [0.15, 0.2) is 0 Å². The Morgan fingerprint density at radius 3 is 2.45 bits per heavy atom. The van der Waals surface area contributed by atoms with Crippen LogP contribution in [0.25, 0.3) is 12.2 Å². The van der Waals surface area contributed by atoms with Gasteiger partial charge in [0, 0.05) is 23.5 Å². The van der Waals surface area contributed by atoms with E-state index in [1.165, 1.54) is 12.2 Å². The van der Waals surface area contributed by atoms with E-state index in [0.717, 1.165) is 29.0 Å². The third kappa shape index (κ3) is 2.72. The van der Waals surface area contributed by atoms with Crippen LogP contribution in [0.15, 0.2) is 36.5 Å². The fourth-order valence-corrected chi connectivity index (χ4v) is 2.72. The Labute approximate surface area is 128 Å². The van der Waals surface area contributed by atoms with Gasteiger partial charge in [-0.15, -0.1) is 0 Å². The second-order valence-electron chi connectivity index (χ2n) is 5.63. The highest BCUT2D eigenvalue weighted by atomic mass is 16.3. The first-order valence-electron chi connectivity index (χ1n) is 7.31. The fourth-order valence-electron chi connectivity index (χ4n) is 2.72. The monoisotopic (exact) mass is 295 g/mol. The Morgan fingerprint density at radius 2 is 1.73 bits per heavy atom. The lowest BCUT2D eigenvalue weighted by Gasteiger charge is -2.15. The average molecular weight is 295 g/mol. The first-order chi connectivity index (χ1) is 10.5. The number of benzene rings is 1. The molecule has 22 heavy (non-hydrogen) atoms. The molecule has 1 atom stereocenters. The number of carbonyl (C=O) groups excluding carboxylic acids is 2. The maximum Gasteiger partial charge on any atom is 0.227 e. The summed E-state index contributed by atoms with van der Waals surface area (Å²) in [4.78, 5) is 23.0. The Morgan fingerprint density at radius 1 is 1.05 bits per heavy atom. The number of phenolic OH excluding ortho intramolecular Hbond substituents is 1. The van der Waals surface area contributed by atoms with E-state index >= 15 is 0 Å². The van der Waals surface area contributed by atoms with Crippen molar-refractivity contribution in [2.45, 2.75) is 25.8 Å². The smallest absolute Gasteiger partial charge is 0.227 e. The molecule has 2 aromatic rings. The Hall–Kier alpha value is -2.62. The van der Waals surface area contributed by atoms with Gasteiger partial charge in [-0.3, -0.25) is 9.59 Å². The molecule has 4 nitrogen and oxygen atoms in total. The molecule has 4 heteroatoms. The minimum absolute atomic E-state index is 0.211. The lowest BCUT2D eigenvalue weighted by Crippen LogP contribution is -2.37. The van der Waals surface area contributed by atoms with Gasteiger partial charge in [-0.25, -0.2) is 0 Å². The molecule has 3 rings (SSSR count). The lowest BCUT2D eigenvalue weighted by molar-refractivity contribution is -0.129. The number of phenols is 1. The molecule has 0 saturated carbocycles. The van der Waals surface area contributed by atoms with Gasteiger partial charge in [-0.1, -0.05) is 12.1 Å². The third-order valence-corrected chi connectivity index (χ3v) is 4.05. The topological polar surface area (TPSA) is 59.3 Å². The zero-order valence-electron chi connectivity index (χ0n) is 12.3. The molecule has 0 amide bonds. The van der Waals surface area contributed by atoms with E-state index in [2.05, 4.69) is 6.92 Å². The van der Waals surface area contributed by atoms with E-state index in [1.807, 2.05) is 29.0 Å². The number of aromatic nitrogens is 1. The number of ketones is 2. The van der Waals surface area contributed by atoms with E-state index in [9.17, 15) is 14.7 Å². The lowest BCUT2D eigenvalue weighted by atomic mass is 10.1. The first kappa shape index (κ1) is 14.3. The van der Waals surface area contributed by atoms with Gasteiger partial charge in [-0.2, -0.15) is 0 Å². The van der Waals surface area contributed by atoms with Crippen LogP contribution in [-0.4, -0.2) is 21.2 Å². The minimum Gasteiger partial charge on any atom is -0.508 e. The number of rotatable bonds is 4. The van der Waals surface area contributed by atoms with Crippen molar-refractivity contribution in [3.63, 3.8) is 0 Å². The van der Waals surface area contributed by atoms with Crippen LogP contribution in [-0.2, 0) is 16.0 Å². The number of hydrogen-bond acceptors (Lipinski definition) is 3. The van der Waals surface area contributed by atoms with Crippen LogP contribution in [0.1, 0.15) is 24.9 Å². The summed E-state index contributed by atoms with van der Waals surface area (Å²) in [5, 5.41) is 10.9. The molecular weight excluding hydrogens is 278 g/mol. The first-order valence-corrected chi connectivity index (χ1v) is 7.31. The second kappa shape index (κ2) is 5.64. The van der Waals surface area contributed by atoms with Gasteiger partial charge in [0.05, 0.1) is 5.35 Å². The normalized spacial score (nSPS) is 15.0. The second-order valence-corrected chi connectivity index (χ2v) is 5.63. The fraction of sp³-hybridized carbons (Fsp3) is 0.222. The third-order valence-electron chi connectivity index (χ3n) is 4.05. The summed E-state index contributed by atoms with van der Waals surface area (Å²) < 4.78 is 2.04. The quantitative estimate of drug-likeness (QED) is 0.859. The van der Waals surface area contributed by atoms with Crippen molar-refractivity contribution in [3.8, 4) is 5.75 Å². The molecule has 1 aromatic heterocycles. The number of aromatic hydroxyl groups is 1. The summed E-state index contributed by atoms with van der Waals surface area (Å²) in [5.41, 5.74) is 1.16. The summed E-state index contributed by atoms with van der Waals surface area (Å²) >= 11 is 0. The number of fused-ring (bicyclic) bond motifs is 1. The molecule has 0 bridgehead atoms. The molecule has 1 aliphatic carbocycles. The number of hydrogen-bond donors (Lipinski definition) is 1. The zero-order valence-corrected chi connectivity index (χ0v) is 12.3. The van der Waals surface area contributed by atoms with Gasteiger partial charge >= 0.3 is 0 Å². The molecule has 1 heterocycles. The van der Waals surface area contributed by atoms with Crippen molar-refractivity contribution >= 4 is 23.7 Å². The van der Waals surface area contributed by atoms with Crippen LogP contribution >= 0.6 is 0 Å². The maximum absolute atomic E-state index is 11.6. The highest BCUT2D eigenvalue weighted by molar-refractivity contribution is 6.57. The summed E-state index contributed by atoms with van der Waals surface area (Å²) in [6.07, 6.45) is 6.54. The van der Waals surface area contributed by atoms with Crippen LogP contribution in [0, 0.1) is 0 Å². The van der Waals surface area contributed by atoms with Crippen LogP contribution in [0.5, 0.6) is 5.75 Å². The van der Waals surface area contributed by atoms with E-state index in [0.29, 0.717) is 0 Å². The molecule has 112 valence electrons. The Bertz CT molecular complexity index is 843. The summed E-state index contributed by atoms with van der Waals surface area (Å²) in [5.74, 6) is -0.648. The highest BCUT2D eigenvalue weighted by Crippen LogP contribution is 2.15. The predicted octanol–water partition coefficient (Wildman–Crippen LogP) is 1.10. The predicted molar refractivity (Wildman–Crippen MR) is 83.8 cm³/mol. The van der Waals surface area contributed by atoms with Gasteiger partial charge < -0.3 is 9.67 Å². The van der Waals surface area contributed by atoms with E-state index < -0.39 is 11.6 Å². The standard InChI is InChI=1S/C18H17NO3/c1-12(2-3-13-4-6-15(20)7-5-13)19-9-8-14-10-17(21)18(22)11-16(14)19/h4-12,20H,2-3H2,1H3. The highest BCUT2D eigenvalue weighted by Gasteiger charge is 2.15. The molecule has 0 aliphatic heterocycles. The summed E-state index contributed by atoms with van der Waals surface area (Å²) in [6, 6.07) is 9.27. The van der Waals surface area contributed by atoms with Gasteiger partial charge in [0.1, 0.15) is 5.75 Å². The van der Waals surface area contributed by atoms with Crippen molar-refractivity contribution in [3.05, 3.63) is 52.7 Å². The van der Waals surface area contributed by atoms with E-state index in [-0.39, 0.29) is 11.8 Å².